The highest BCUT2D eigenvalue weighted by molar-refractivity contribution is 9.10. The van der Waals surface area contributed by atoms with E-state index in [0.29, 0.717) is 23.7 Å². The van der Waals surface area contributed by atoms with Gasteiger partial charge in [0.25, 0.3) is 0 Å². The highest BCUT2D eigenvalue weighted by Crippen LogP contribution is 2.20. The maximum atomic E-state index is 13.9. The lowest BCUT2D eigenvalue weighted by Crippen LogP contribution is -2.19. The van der Waals surface area contributed by atoms with Gasteiger partial charge in [-0.1, -0.05) is 15.9 Å². The largest absolute Gasteiger partial charge is 0.354 e. The molecule has 1 aromatic carbocycles. The van der Waals surface area contributed by atoms with E-state index in [1.54, 1.807) is 29.2 Å². The SMILES string of the molecule is Cc1cc(C)n(-c2cncc(N(C)Cc3cc(Br)ccc3F)n2)n1. The first kappa shape index (κ1) is 16.6. The molecule has 0 N–H and O–H groups in total. The normalized spacial score (nSPS) is 10.9. The highest BCUT2D eigenvalue weighted by Gasteiger charge is 2.11. The number of hydrogen-bond acceptors (Lipinski definition) is 4. The summed E-state index contributed by atoms with van der Waals surface area (Å²) in [6.45, 7) is 4.29. The van der Waals surface area contributed by atoms with Gasteiger partial charge in [-0.15, -0.1) is 0 Å². The zero-order valence-electron chi connectivity index (χ0n) is 13.7. The molecule has 3 aromatic rings. The van der Waals surface area contributed by atoms with Crippen LogP contribution in [-0.2, 0) is 6.54 Å². The quantitative estimate of drug-likeness (QED) is 0.680. The molecule has 0 aliphatic rings. The first-order valence-corrected chi connectivity index (χ1v) is 8.24. The summed E-state index contributed by atoms with van der Waals surface area (Å²) in [5.74, 6) is 1.05. The highest BCUT2D eigenvalue weighted by atomic mass is 79.9. The molecule has 2 aromatic heterocycles. The second kappa shape index (κ2) is 6.68. The summed E-state index contributed by atoms with van der Waals surface area (Å²) in [5.41, 5.74) is 2.49. The second-order valence-electron chi connectivity index (χ2n) is 5.67. The lowest BCUT2D eigenvalue weighted by molar-refractivity contribution is 0.607. The molecule has 7 heteroatoms. The maximum Gasteiger partial charge on any atom is 0.174 e. The molecule has 0 bridgehead atoms. The van der Waals surface area contributed by atoms with Crippen LogP contribution in [0.15, 0.2) is 41.1 Å². The first-order valence-electron chi connectivity index (χ1n) is 7.45. The lowest BCUT2D eigenvalue weighted by atomic mass is 10.2. The van der Waals surface area contributed by atoms with Gasteiger partial charge in [-0.3, -0.25) is 4.98 Å². The van der Waals surface area contributed by atoms with Gasteiger partial charge in [0.05, 0.1) is 18.1 Å². The average Bonchev–Trinajstić information content (AvgIpc) is 2.89. The fourth-order valence-electron chi connectivity index (χ4n) is 2.49. The van der Waals surface area contributed by atoms with Crippen LogP contribution in [0.2, 0.25) is 0 Å². The van der Waals surface area contributed by atoms with Crippen LogP contribution in [0.3, 0.4) is 0 Å². The predicted octanol–water partition coefficient (Wildman–Crippen LogP) is 3.82. The molecule has 0 aliphatic carbocycles. The third-order valence-corrected chi connectivity index (χ3v) is 4.14. The molecule has 0 radical (unpaired) electrons. The van der Waals surface area contributed by atoms with Gasteiger partial charge in [-0.05, 0) is 38.1 Å². The van der Waals surface area contributed by atoms with Gasteiger partial charge >= 0.3 is 0 Å². The summed E-state index contributed by atoms with van der Waals surface area (Å²) in [6.07, 6.45) is 3.32. The molecule has 0 unspecified atom stereocenters. The Morgan fingerprint density at radius 1 is 1.21 bits per heavy atom. The summed E-state index contributed by atoms with van der Waals surface area (Å²) in [5, 5.41) is 4.42. The molecule has 0 amide bonds. The van der Waals surface area contributed by atoms with E-state index in [1.807, 2.05) is 31.9 Å². The molecule has 124 valence electrons. The Morgan fingerprint density at radius 2 is 2.00 bits per heavy atom. The fourth-order valence-corrected chi connectivity index (χ4v) is 2.90. The summed E-state index contributed by atoms with van der Waals surface area (Å²) in [7, 11) is 1.86. The van der Waals surface area contributed by atoms with E-state index in [9.17, 15) is 4.39 Å². The summed E-state index contributed by atoms with van der Waals surface area (Å²) in [4.78, 5) is 10.7. The van der Waals surface area contributed by atoms with Gasteiger partial charge in [-0.2, -0.15) is 5.10 Å². The molecule has 0 spiro atoms. The van der Waals surface area contributed by atoms with E-state index in [1.165, 1.54) is 6.07 Å². The summed E-state index contributed by atoms with van der Waals surface area (Å²) >= 11 is 3.37. The molecule has 0 saturated carbocycles. The van der Waals surface area contributed by atoms with Gasteiger partial charge in [0, 0.05) is 29.3 Å². The van der Waals surface area contributed by atoms with Gasteiger partial charge in [0.1, 0.15) is 11.6 Å². The maximum absolute atomic E-state index is 13.9. The van der Waals surface area contributed by atoms with E-state index in [2.05, 4.69) is 31.0 Å². The summed E-state index contributed by atoms with van der Waals surface area (Å²) < 4.78 is 16.5. The van der Waals surface area contributed by atoms with E-state index in [0.717, 1.165) is 15.9 Å². The number of nitrogens with zero attached hydrogens (tertiary/aromatic N) is 5. The Labute approximate surface area is 148 Å². The van der Waals surface area contributed by atoms with Crippen molar-refractivity contribution in [1.82, 2.24) is 19.7 Å². The van der Waals surface area contributed by atoms with E-state index in [4.69, 9.17) is 0 Å². The minimum absolute atomic E-state index is 0.243. The number of aryl methyl sites for hydroxylation is 2. The van der Waals surface area contributed by atoms with Crippen molar-refractivity contribution in [3.8, 4) is 5.82 Å². The molecule has 0 saturated heterocycles. The minimum atomic E-state index is -0.243. The molecule has 24 heavy (non-hydrogen) atoms. The van der Waals surface area contributed by atoms with Crippen molar-refractivity contribution in [1.29, 1.82) is 0 Å². The number of benzene rings is 1. The third-order valence-electron chi connectivity index (χ3n) is 3.64. The number of aromatic nitrogens is 4. The van der Waals surface area contributed by atoms with Crippen LogP contribution in [0.1, 0.15) is 17.0 Å². The monoisotopic (exact) mass is 389 g/mol. The van der Waals surface area contributed by atoms with Crippen molar-refractivity contribution in [2.24, 2.45) is 0 Å². The number of halogens is 2. The standard InChI is InChI=1S/C17H17BrFN5/c1-11-6-12(2)24(22-11)17-9-20-8-16(21-17)23(3)10-13-7-14(18)4-5-15(13)19/h4-9H,10H2,1-3H3. The molecule has 0 aliphatic heterocycles. The Hall–Kier alpha value is -2.28. The lowest BCUT2D eigenvalue weighted by Gasteiger charge is -2.19. The van der Waals surface area contributed by atoms with Crippen LogP contribution in [-0.4, -0.2) is 26.8 Å². The Bertz CT molecular complexity index is 877. The van der Waals surface area contributed by atoms with Crippen LogP contribution in [0.25, 0.3) is 5.82 Å². The molecule has 0 fully saturated rings. The fraction of sp³-hybridized carbons (Fsp3) is 0.235. The second-order valence-corrected chi connectivity index (χ2v) is 6.58. The number of rotatable bonds is 4. The molecule has 3 rings (SSSR count). The Balaban J connectivity index is 1.88. The number of anilines is 1. The zero-order chi connectivity index (χ0) is 17.3. The van der Waals surface area contributed by atoms with Gasteiger partial charge < -0.3 is 4.90 Å². The third kappa shape index (κ3) is 3.46. The van der Waals surface area contributed by atoms with Crippen LogP contribution in [0, 0.1) is 19.7 Å². The van der Waals surface area contributed by atoms with Gasteiger partial charge in [-0.25, -0.2) is 14.1 Å². The predicted molar refractivity (Wildman–Crippen MR) is 94.8 cm³/mol. The van der Waals surface area contributed by atoms with Gasteiger partial charge in [0.15, 0.2) is 5.82 Å². The molecule has 5 nitrogen and oxygen atoms in total. The topological polar surface area (TPSA) is 46.8 Å². The minimum Gasteiger partial charge on any atom is -0.354 e. The number of hydrogen-bond donors (Lipinski definition) is 0. The molecular formula is C17H17BrFN5. The van der Waals surface area contributed by atoms with Crippen molar-refractivity contribution in [2.75, 3.05) is 11.9 Å². The Morgan fingerprint density at radius 3 is 2.71 bits per heavy atom. The van der Waals surface area contributed by atoms with E-state index < -0.39 is 0 Å². The van der Waals surface area contributed by atoms with Crippen LogP contribution < -0.4 is 4.90 Å². The van der Waals surface area contributed by atoms with Crippen molar-refractivity contribution in [3.63, 3.8) is 0 Å². The first-order chi connectivity index (χ1) is 11.4. The average molecular weight is 390 g/mol. The molecular weight excluding hydrogens is 373 g/mol. The molecule has 2 heterocycles. The van der Waals surface area contributed by atoms with Crippen molar-refractivity contribution < 1.29 is 4.39 Å². The van der Waals surface area contributed by atoms with E-state index >= 15 is 0 Å². The van der Waals surface area contributed by atoms with Crippen LogP contribution >= 0.6 is 15.9 Å². The van der Waals surface area contributed by atoms with Crippen molar-refractivity contribution in [2.45, 2.75) is 20.4 Å². The van der Waals surface area contributed by atoms with Crippen LogP contribution in [0.4, 0.5) is 10.2 Å². The van der Waals surface area contributed by atoms with Gasteiger partial charge in [0.2, 0.25) is 0 Å². The zero-order valence-corrected chi connectivity index (χ0v) is 15.2. The Kier molecular flexibility index (Phi) is 4.62. The van der Waals surface area contributed by atoms with E-state index in [-0.39, 0.29) is 5.82 Å². The van der Waals surface area contributed by atoms with Crippen molar-refractivity contribution in [3.05, 3.63) is 63.9 Å². The smallest absolute Gasteiger partial charge is 0.174 e. The van der Waals surface area contributed by atoms with Crippen LogP contribution in [0.5, 0.6) is 0 Å². The van der Waals surface area contributed by atoms with Crippen molar-refractivity contribution >= 4 is 21.7 Å². The molecule has 0 atom stereocenters. The summed E-state index contributed by atoms with van der Waals surface area (Å²) in [6, 6.07) is 6.88.